The van der Waals surface area contributed by atoms with Gasteiger partial charge in [0.05, 0.1) is 12.7 Å². The van der Waals surface area contributed by atoms with Gasteiger partial charge in [0.25, 0.3) is 0 Å². The number of carboxylic acid groups (broad SMARTS) is 1. The third-order valence-corrected chi connectivity index (χ3v) is 4.17. The Bertz CT molecular complexity index is 962. The van der Waals surface area contributed by atoms with Crippen LogP contribution < -0.4 is 14.2 Å². The fraction of sp³-hybridized carbons (Fsp3) is 0.125. The highest BCUT2D eigenvalue weighted by molar-refractivity contribution is 6.20. The van der Waals surface area contributed by atoms with Gasteiger partial charge in [-0.2, -0.15) is 0 Å². The number of hydrogen-bond acceptors (Lipinski definition) is 4. The van der Waals surface area contributed by atoms with Gasteiger partial charge in [-0.05, 0) is 41.5 Å². The number of methoxy groups -OCH3 is 1. The summed E-state index contributed by atoms with van der Waals surface area (Å²) in [7, 11) is 1.61. The fourth-order valence-electron chi connectivity index (χ4n) is 2.72. The summed E-state index contributed by atoms with van der Waals surface area (Å²) in [5.41, 5.74) is 1.69. The number of carbonyl (C=O) groups is 1. The molecule has 0 heterocycles. The summed E-state index contributed by atoms with van der Waals surface area (Å²) in [5, 5.41) is 9.50. The van der Waals surface area contributed by atoms with Crippen molar-refractivity contribution in [3.63, 3.8) is 0 Å². The average molecular weight is 390 g/mol. The van der Waals surface area contributed by atoms with Crippen LogP contribution in [0, 0.1) is 0 Å². The summed E-state index contributed by atoms with van der Waals surface area (Å²) in [6, 6.07) is 23.7. The molecule has 0 atom stereocenters. The Morgan fingerprint density at radius 1 is 0.828 bits per heavy atom. The van der Waals surface area contributed by atoms with Crippen molar-refractivity contribution in [2.24, 2.45) is 0 Å². The molecule has 0 bridgehead atoms. The average Bonchev–Trinajstić information content (AvgIpc) is 2.76. The molecule has 0 radical (unpaired) electrons. The van der Waals surface area contributed by atoms with Crippen molar-refractivity contribution in [3.05, 3.63) is 90.0 Å². The molecule has 0 aliphatic rings. The zero-order valence-corrected chi connectivity index (χ0v) is 16.1. The summed E-state index contributed by atoms with van der Waals surface area (Å²) in [4.78, 5) is 11.6. The minimum atomic E-state index is -0.966. The SMILES string of the molecule is COc1cccc(OCCOc2ccc(/C=C(/C(=O)O)c3ccccc3)cc2)c1. The van der Waals surface area contributed by atoms with Crippen LogP contribution in [0.1, 0.15) is 11.1 Å². The predicted molar refractivity (Wildman–Crippen MR) is 112 cm³/mol. The number of hydrogen-bond donors (Lipinski definition) is 1. The summed E-state index contributed by atoms with van der Waals surface area (Å²) in [6.07, 6.45) is 1.65. The van der Waals surface area contributed by atoms with Crippen LogP contribution in [0.15, 0.2) is 78.9 Å². The lowest BCUT2D eigenvalue weighted by Gasteiger charge is -2.09. The summed E-state index contributed by atoms with van der Waals surface area (Å²) >= 11 is 0. The lowest BCUT2D eigenvalue weighted by atomic mass is 10.0. The van der Waals surface area contributed by atoms with Crippen molar-refractivity contribution < 1.29 is 24.1 Å². The molecule has 0 aromatic heterocycles. The van der Waals surface area contributed by atoms with Crippen LogP contribution in [0.2, 0.25) is 0 Å². The van der Waals surface area contributed by atoms with E-state index < -0.39 is 5.97 Å². The van der Waals surface area contributed by atoms with Crippen LogP contribution in [-0.2, 0) is 4.79 Å². The van der Waals surface area contributed by atoms with E-state index in [1.807, 2.05) is 66.7 Å². The molecule has 0 spiro atoms. The van der Waals surface area contributed by atoms with E-state index in [1.165, 1.54) is 0 Å². The van der Waals surface area contributed by atoms with Gasteiger partial charge in [-0.15, -0.1) is 0 Å². The molecule has 0 aliphatic carbocycles. The van der Waals surface area contributed by atoms with Gasteiger partial charge < -0.3 is 19.3 Å². The predicted octanol–water partition coefficient (Wildman–Crippen LogP) is 4.78. The number of ether oxygens (including phenoxy) is 3. The van der Waals surface area contributed by atoms with Gasteiger partial charge in [0.2, 0.25) is 0 Å². The third-order valence-electron chi connectivity index (χ3n) is 4.17. The maximum absolute atomic E-state index is 11.6. The Labute approximate surface area is 169 Å². The fourth-order valence-corrected chi connectivity index (χ4v) is 2.72. The lowest BCUT2D eigenvalue weighted by Crippen LogP contribution is -2.09. The smallest absolute Gasteiger partial charge is 0.336 e. The van der Waals surface area contributed by atoms with Crippen molar-refractivity contribution in [1.29, 1.82) is 0 Å². The summed E-state index contributed by atoms with van der Waals surface area (Å²) < 4.78 is 16.5. The Kier molecular flexibility index (Phi) is 6.90. The monoisotopic (exact) mass is 390 g/mol. The summed E-state index contributed by atoms with van der Waals surface area (Å²) in [6.45, 7) is 0.781. The van der Waals surface area contributed by atoms with Crippen LogP contribution in [0.3, 0.4) is 0 Å². The number of aliphatic carboxylic acids is 1. The molecule has 1 N–H and O–H groups in total. The first-order valence-corrected chi connectivity index (χ1v) is 9.16. The second-order valence-corrected chi connectivity index (χ2v) is 6.17. The lowest BCUT2D eigenvalue weighted by molar-refractivity contribution is -0.130. The van der Waals surface area contributed by atoms with Gasteiger partial charge in [-0.1, -0.05) is 48.5 Å². The molecule has 0 fully saturated rings. The Morgan fingerprint density at radius 2 is 1.48 bits per heavy atom. The van der Waals surface area contributed by atoms with Gasteiger partial charge in [0.15, 0.2) is 0 Å². The van der Waals surface area contributed by atoms with Crippen LogP contribution in [0.4, 0.5) is 0 Å². The highest BCUT2D eigenvalue weighted by atomic mass is 16.5. The van der Waals surface area contributed by atoms with Gasteiger partial charge in [0.1, 0.15) is 30.5 Å². The minimum Gasteiger partial charge on any atom is -0.497 e. The molecule has 0 unspecified atom stereocenters. The first kappa shape index (κ1) is 20.0. The molecule has 5 heteroatoms. The topological polar surface area (TPSA) is 65.0 Å². The van der Waals surface area contributed by atoms with E-state index in [2.05, 4.69) is 0 Å². The highest BCUT2D eigenvalue weighted by Gasteiger charge is 2.09. The van der Waals surface area contributed by atoms with E-state index in [1.54, 1.807) is 25.3 Å². The van der Waals surface area contributed by atoms with Crippen molar-refractivity contribution >= 4 is 17.6 Å². The molecule has 0 saturated carbocycles. The first-order valence-electron chi connectivity index (χ1n) is 9.16. The zero-order chi connectivity index (χ0) is 20.5. The Morgan fingerprint density at radius 3 is 2.14 bits per heavy atom. The second kappa shape index (κ2) is 9.99. The van der Waals surface area contributed by atoms with Crippen LogP contribution in [0.5, 0.6) is 17.2 Å². The van der Waals surface area contributed by atoms with E-state index in [-0.39, 0.29) is 5.57 Å². The van der Waals surface area contributed by atoms with Crippen LogP contribution in [-0.4, -0.2) is 31.4 Å². The minimum absolute atomic E-state index is 0.242. The zero-order valence-electron chi connectivity index (χ0n) is 16.1. The Hall–Kier alpha value is -3.73. The van der Waals surface area contributed by atoms with Crippen molar-refractivity contribution in [2.45, 2.75) is 0 Å². The Balaban J connectivity index is 1.56. The second-order valence-electron chi connectivity index (χ2n) is 6.17. The number of rotatable bonds is 9. The molecular weight excluding hydrogens is 368 g/mol. The van der Waals surface area contributed by atoms with Crippen LogP contribution >= 0.6 is 0 Å². The van der Waals surface area contributed by atoms with Gasteiger partial charge in [-0.25, -0.2) is 4.79 Å². The maximum Gasteiger partial charge on any atom is 0.336 e. The van der Waals surface area contributed by atoms with E-state index in [0.717, 1.165) is 17.1 Å². The molecule has 0 amide bonds. The summed E-state index contributed by atoms with van der Waals surface area (Å²) in [5.74, 6) is 1.18. The van der Waals surface area contributed by atoms with Gasteiger partial charge in [-0.3, -0.25) is 0 Å². The molecule has 0 saturated heterocycles. The molecule has 3 aromatic carbocycles. The molecule has 148 valence electrons. The van der Waals surface area contributed by atoms with Crippen LogP contribution in [0.25, 0.3) is 11.6 Å². The van der Waals surface area contributed by atoms with Crippen molar-refractivity contribution in [2.75, 3.05) is 20.3 Å². The van der Waals surface area contributed by atoms with Crippen molar-refractivity contribution in [3.8, 4) is 17.2 Å². The van der Waals surface area contributed by atoms with Gasteiger partial charge >= 0.3 is 5.97 Å². The molecule has 5 nitrogen and oxygen atoms in total. The molecule has 3 rings (SSSR count). The van der Waals surface area contributed by atoms with E-state index in [9.17, 15) is 9.90 Å². The highest BCUT2D eigenvalue weighted by Crippen LogP contribution is 2.21. The molecular formula is C24H22O5. The van der Waals surface area contributed by atoms with E-state index >= 15 is 0 Å². The molecule has 0 aliphatic heterocycles. The molecule has 3 aromatic rings. The van der Waals surface area contributed by atoms with E-state index in [0.29, 0.717) is 24.5 Å². The number of benzene rings is 3. The largest absolute Gasteiger partial charge is 0.497 e. The maximum atomic E-state index is 11.6. The standard InChI is InChI=1S/C24H22O5/c1-27-21-8-5-9-22(17-21)29-15-14-28-20-12-10-18(11-13-20)16-23(24(25)26)19-6-3-2-4-7-19/h2-13,16-17H,14-15H2,1H3,(H,25,26)/b23-16+. The van der Waals surface area contributed by atoms with E-state index in [4.69, 9.17) is 14.2 Å². The van der Waals surface area contributed by atoms with Gasteiger partial charge in [0, 0.05) is 6.07 Å². The third kappa shape index (κ3) is 5.87. The number of carboxylic acids is 1. The molecule has 29 heavy (non-hydrogen) atoms. The first-order chi connectivity index (χ1) is 14.2. The quantitative estimate of drug-likeness (QED) is 0.324. The normalized spacial score (nSPS) is 11.0. The van der Waals surface area contributed by atoms with Crippen molar-refractivity contribution in [1.82, 2.24) is 0 Å².